The van der Waals surface area contributed by atoms with E-state index in [0.29, 0.717) is 40.8 Å². The van der Waals surface area contributed by atoms with Crippen molar-refractivity contribution in [2.45, 2.75) is 12.8 Å². The molecule has 0 saturated heterocycles. The molecule has 1 aromatic heterocycles. The van der Waals surface area contributed by atoms with Crippen molar-refractivity contribution in [3.05, 3.63) is 101 Å². The van der Waals surface area contributed by atoms with Crippen LogP contribution in [0.4, 0.5) is 13.2 Å². The van der Waals surface area contributed by atoms with Crippen LogP contribution in [-0.2, 0) is 12.8 Å². The number of halogens is 3. The Balaban J connectivity index is 1.48. The van der Waals surface area contributed by atoms with Crippen molar-refractivity contribution in [2.24, 2.45) is 0 Å². The van der Waals surface area contributed by atoms with E-state index in [-0.39, 0.29) is 5.56 Å². The van der Waals surface area contributed by atoms with Gasteiger partial charge in [0.25, 0.3) is 0 Å². The van der Waals surface area contributed by atoms with Crippen molar-refractivity contribution in [2.75, 3.05) is 7.11 Å². The second kappa shape index (κ2) is 8.88. The Morgan fingerprint density at radius 1 is 0.774 bits per heavy atom. The van der Waals surface area contributed by atoms with Gasteiger partial charge in [-0.1, -0.05) is 24.0 Å². The number of methoxy groups -OCH3 is 1. The lowest BCUT2D eigenvalue weighted by atomic mass is 10.0. The lowest BCUT2D eigenvalue weighted by Gasteiger charge is -2.04. The number of nitrogens with zero attached hydrogens (tertiary/aromatic N) is 2. The highest BCUT2D eigenvalue weighted by Gasteiger charge is 2.06. The summed E-state index contributed by atoms with van der Waals surface area (Å²) in [5.41, 5.74) is 1.65. The third-order valence-electron chi connectivity index (χ3n) is 4.81. The third kappa shape index (κ3) is 4.84. The average molecular weight is 418 g/mol. The Hall–Kier alpha value is -3.85. The van der Waals surface area contributed by atoms with Crippen LogP contribution in [0.25, 0.3) is 10.8 Å². The van der Waals surface area contributed by atoms with Gasteiger partial charge >= 0.3 is 0 Å². The molecule has 0 amide bonds. The molecule has 4 rings (SSSR count). The van der Waals surface area contributed by atoms with E-state index >= 15 is 0 Å². The standard InChI is InChI=1S/C25H17F3N2O/c1-31-21-14-29-25(30-15-21)9-5-17-3-7-18(22(26)11-17)6-2-16-4-8-19-12-23(27)24(28)13-20(19)10-16/h3-4,7-8,10-15H,5,9H2,1H3. The fourth-order valence-corrected chi connectivity index (χ4v) is 3.11. The zero-order valence-electron chi connectivity index (χ0n) is 16.6. The summed E-state index contributed by atoms with van der Waals surface area (Å²) in [6.45, 7) is 0. The van der Waals surface area contributed by atoms with E-state index in [9.17, 15) is 13.2 Å². The molecule has 0 aliphatic carbocycles. The van der Waals surface area contributed by atoms with Crippen LogP contribution in [0.1, 0.15) is 22.5 Å². The molecule has 0 unspecified atom stereocenters. The Morgan fingerprint density at radius 2 is 1.52 bits per heavy atom. The van der Waals surface area contributed by atoms with Gasteiger partial charge in [0.15, 0.2) is 17.4 Å². The zero-order valence-corrected chi connectivity index (χ0v) is 16.6. The maximum absolute atomic E-state index is 14.5. The smallest absolute Gasteiger partial charge is 0.159 e. The van der Waals surface area contributed by atoms with Gasteiger partial charge < -0.3 is 4.74 Å². The highest BCUT2D eigenvalue weighted by Crippen LogP contribution is 2.20. The van der Waals surface area contributed by atoms with Crippen LogP contribution in [0.3, 0.4) is 0 Å². The molecule has 3 aromatic carbocycles. The number of rotatable bonds is 4. The molecule has 3 nitrogen and oxygen atoms in total. The maximum atomic E-state index is 14.5. The van der Waals surface area contributed by atoms with E-state index < -0.39 is 17.5 Å². The summed E-state index contributed by atoms with van der Waals surface area (Å²) in [5, 5.41) is 1.10. The lowest BCUT2D eigenvalue weighted by Crippen LogP contribution is -1.99. The van der Waals surface area contributed by atoms with Gasteiger partial charge in [0.2, 0.25) is 0 Å². The summed E-state index contributed by atoms with van der Waals surface area (Å²) in [5.74, 6) is 4.68. The number of fused-ring (bicyclic) bond motifs is 1. The molecule has 0 spiro atoms. The topological polar surface area (TPSA) is 35.0 Å². The number of aromatic nitrogens is 2. The summed E-state index contributed by atoms with van der Waals surface area (Å²) < 4.78 is 46.3. The molecule has 0 aliphatic heterocycles. The van der Waals surface area contributed by atoms with Crippen LogP contribution in [0.5, 0.6) is 5.75 Å². The molecule has 0 radical (unpaired) electrons. The molecule has 0 aliphatic rings. The summed E-state index contributed by atoms with van der Waals surface area (Å²) in [4.78, 5) is 8.41. The second-order valence-corrected chi connectivity index (χ2v) is 6.93. The Morgan fingerprint density at radius 3 is 2.23 bits per heavy atom. The first kappa shape index (κ1) is 20.4. The van der Waals surface area contributed by atoms with E-state index in [4.69, 9.17) is 4.74 Å². The average Bonchev–Trinajstić information content (AvgIpc) is 2.78. The van der Waals surface area contributed by atoms with E-state index in [1.54, 1.807) is 43.8 Å². The first-order chi connectivity index (χ1) is 15.0. The van der Waals surface area contributed by atoms with Crippen LogP contribution in [0, 0.1) is 29.3 Å². The first-order valence-corrected chi connectivity index (χ1v) is 9.56. The van der Waals surface area contributed by atoms with Crippen LogP contribution in [0.2, 0.25) is 0 Å². The van der Waals surface area contributed by atoms with Gasteiger partial charge in [-0.05, 0) is 59.2 Å². The first-order valence-electron chi connectivity index (χ1n) is 9.56. The predicted octanol–water partition coefficient (Wildman–Crippen LogP) is 5.24. The van der Waals surface area contributed by atoms with Crippen molar-refractivity contribution in [3.8, 4) is 17.6 Å². The van der Waals surface area contributed by atoms with Crippen molar-refractivity contribution in [1.29, 1.82) is 0 Å². The van der Waals surface area contributed by atoms with Gasteiger partial charge in [-0.3, -0.25) is 0 Å². The van der Waals surface area contributed by atoms with E-state index in [1.165, 1.54) is 6.07 Å². The van der Waals surface area contributed by atoms with Crippen molar-refractivity contribution in [1.82, 2.24) is 9.97 Å². The lowest BCUT2D eigenvalue weighted by molar-refractivity contribution is 0.410. The minimum Gasteiger partial charge on any atom is -0.494 e. The van der Waals surface area contributed by atoms with Crippen LogP contribution in [0.15, 0.2) is 60.9 Å². The van der Waals surface area contributed by atoms with Crippen LogP contribution in [-0.4, -0.2) is 17.1 Å². The van der Waals surface area contributed by atoms with Gasteiger partial charge in [-0.15, -0.1) is 0 Å². The quantitative estimate of drug-likeness (QED) is 0.425. The molecule has 0 atom stereocenters. The Labute approximate surface area is 177 Å². The molecule has 154 valence electrons. The molecule has 0 bridgehead atoms. The molecule has 1 heterocycles. The number of benzene rings is 3. The molecular formula is C25H17F3N2O. The van der Waals surface area contributed by atoms with Crippen molar-refractivity contribution in [3.63, 3.8) is 0 Å². The van der Waals surface area contributed by atoms with Gasteiger partial charge in [0.1, 0.15) is 11.6 Å². The highest BCUT2D eigenvalue weighted by atomic mass is 19.2. The number of aryl methyl sites for hydroxylation is 2. The summed E-state index contributed by atoms with van der Waals surface area (Å²) in [7, 11) is 1.55. The molecule has 31 heavy (non-hydrogen) atoms. The van der Waals surface area contributed by atoms with E-state index in [0.717, 1.165) is 17.7 Å². The monoisotopic (exact) mass is 418 g/mol. The SMILES string of the molecule is COc1cnc(CCc2ccc(C#Cc3ccc4cc(F)c(F)cc4c3)c(F)c2)nc1. The minimum atomic E-state index is -0.917. The zero-order chi connectivity index (χ0) is 21.8. The highest BCUT2D eigenvalue weighted by molar-refractivity contribution is 5.84. The fraction of sp³-hybridized carbons (Fsp3) is 0.120. The van der Waals surface area contributed by atoms with Crippen molar-refractivity contribution < 1.29 is 17.9 Å². The molecule has 6 heteroatoms. The third-order valence-corrected chi connectivity index (χ3v) is 4.81. The van der Waals surface area contributed by atoms with Gasteiger partial charge in [0, 0.05) is 12.0 Å². The van der Waals surface area contributed by atoms with Crippen molar-refractivity contribution >= 4 is 10.8 Å². The van der Waals surface area contributed by atoms with Gasteiger partial charge in [-0.25, -0.2) is 23.1 Å². The number of hydrogen-bond acceptors (Lipinski definition) is 3. The van der Waals surface area contributed by atoms with Crippen LogP contribution < -0.4 is 4.74 Å². The summed E-state index contributed by atoms with van der Waals surface area (Å²) >= 11 is 0. The molecule has 0 saturated carbocycles. The van der Waals surface area contributed by atoms with Gasteiger partial charge in [0.05, 0.1) is 25.1 Å². The Kier molecular flexibility index (Phi) is 5.85. The maximum Gasteiger partial charge on any atom is 0.159 e. The fourth-order valence-electron chi connectivity index (χ4n) is 3.11. The second-order valence-electron chi connectivity index (χ2n) is 6.93. The Bertz CT molecular complexity index is 1310. The van der Waals surface area contributed by atoms with Crippen LogP contribution >= 0.6 is 0 Å². The number of ether oxygens (including phenoxy) is 1. The summed E-state index contributed by atoms with van der Waals surface area (Å²) in [6, 6.07) is 12.1. The molecule has 4 aromatic rings. The predicted molar refractivity (Wildman–Crippen MR) is 112 cm³/mol. The largest absolute Gasteiger partial charge is 0.494 e. The number of hydrogen-bond donors (Lipinski definition) is 0. The summed E-state index contributed by atoms with van der Waals surface area (Å²) in [6.07, 6.45) is 4.35. The molecule has 0 fully saturated rings. The minimum absolute atomic E-state index is 0.259. The van der Waals surface area contributed by atoms with E-state index in [1.807, 2.05) is 6.07 Å². The molecule has 0 N–H and O–H groups in total. The van der Waals surface area contributed by atoms with Gasteiger partial charge in [-0.2, -0.15) is 0 Å². The molecular weight excluding hydrogens is 401 g/mol. The van der Waals surface area contributed by atoms with E-state index in [2.05, 4.69) is 21.8 Å². The normalized spacial score (nSPS) is 10.6.